The lowest BCUT2D eigenvalue weighted by Gasteiger charge is -2.12. The van der Waals surface area contributed by atoms with Gasteiger partial charge in [0.1, 0.15) is 11.6 Å². The molecule has 2 amide bonds. The fourth-order valence-electron chi connectivity index (χ4n) is 2.86. The molecule has 0 aliphatic heterocycles. The number of carbonyl (C=O) groups excluding carboxylic acids is 2. The van der Waals surface area contributed by atoms with E-state index in [2.05, 4.69) is 10.6 Å². The number of anilines is 2. The number of thioether (sulfide) groups is 1. The maximum atomic E-state index is 13.5. The smallest absolute Gasteiger partial charge is 0.234 e. The minimum atomic E-state index is -0.682. The highest BCUT2D eigenvalue weighted by Gasteiger charge is 2.10. The number of nitrogens with one attached hydrogen (secondary N) is 2. The van der Waals surface area contributed by atoms with E-state index in [9.17, 15) is 18.4 Å². The van der Waals surface area contributed by atoms with Crippen LogP contribution in [0.5, 0.6) is 0 Å². The third kappa shape index (κ3) is 6.64. The molecule has 150 valence electrons. The first-order valence-electron chi connectivity index (χ1n) is 8.96. The molecule has 0 saturated heterocycles. The number of hydrogen-bond acceptors (Lipinski definition) is 3. The zero-order valence-electron chi connectivity index (χ0n) is 16.2. The number of aryl methyl sites for hydroxylation is 3. The highest BCUT2D eigenvalue weighted by Crippen LogP contribution is 2.22. The van der Waals surface area contributed by atoms with Crippen molar-refractivity contribution in [3.8, 4) is 0 Å². The predicted octanol–water partition coefficient (Wildman–Crippen LogP) is 4.98. The molecule has 0 fully saturated rings. The zero-order chi connectivity index (χ0) is 20.7. The molecule has 2 rings (SSSR count). The number of rotatable bonds is 8. The normalized spacial score (nSPS) is 10.6. The van der Waals surface area contributed by atoms with Crippen molar-refractivity contribution >= 4 is 35.0 Å². The minimum absolute atomic E-state index is 0.0677. The summed E-state index contributed by atoms with van der Waals surface area (Å²) in [6.45, 7) is 5.94. The SMILES string of the molecule is Cc1cc(C)c(NC(=O)CCCSCC(=O)Nc2cc(F)ccc2F)c(C)c1. The van der Waals surface area contributed by atoms with E-state index in [1.807, 2.05) is 32.9 Å². The molecule has 2 N–H and O–H groups in total. The van der Waals surface area contributed by atoms with Crippen LogP contribution in [0, 0.1) is 32.4 Å². The van der Waals surface area contributed by atoms with Crippen molar-refractivity contribution < 1.29 is 18.4 Å². The van der Waals surface area contributed by atoms with Crippen LogP contribution in [0.2, 0.25) is 0 Å². The summed E-state index contributed by atoms with van der Waals surface area (Å²) < 4.78 is 26.6. The lowest BCUT2D eigenvalue weighted by atomic mass is 10.0. The summed E-state index contributed by atoms with van der Waals surface area (Å²) in [6.07, 6.45) is 0.960. The molecule has 0 unspecified atom stereocenters. The van der Waals surface area contributed by atoms with Crippen molar-refractivity contribution in [3.63, 3.8) is 0 Å². The van der Waals surface area contributed by atoms with Gasteiger partial charge in [0.25, 0.3) is 0 Å². The highest BCUT2D eigenvalue weighted by molar-refractivity contribution is 7.99. The van der Waals surface area contributed by atoms with E-state index in [0.29, 0.717) is 18.6 Å². The van der Waals surface area contributed by atoms with E-state index >= 15 is 0 Å². The number of amides is 2. The Labute approximate surface area is 168 Å². The Hall–Kier alpha value is -2.41. The highest BCUT2D eigenvalue weighted by atomic mass is 32.2. The van der Waals surface area contributed by atoms with Gasteiger partial charge in [-0.3, -0.25) is 9.59 Å². The van der Waals surface area contributed by atoms with Crippen LogP contribution >= 0.6 is 11.8 Å². The van der Waals surface area contributed by atoms with Crippen LogP contribution in [0.15, 0.2) is 30.3 Å². The van der Waals surface area contributed by atoms with Gasteiger partial charge in [-0.05, 0) is 56.2 Å². The summed E-state index contributed by atoms with van der Waals surface area (Å²) in [5.74, 6) is -1.06. The van der Waals surface area contributed by atoms with E-state index < -0.39 is 17.5 Å². The van der Waals surface area contributed by atoms with Gasteiger partial charge in [-0.15, -0.1) is 0 Å². The van der Waals surface area contributed by atoms with Gasteiger partial charge in [-0.25, -0.2) is 8.78 Å². The molecule has 2 aromatic rings. The number of halogens is 2. The van der Waals surface area contributed by atoms with Crippen molar-refractivity contribution in [1.29, 1.82) is 0 Å². The first kappa shape index (κ1) is 21.9. The average Bonchev–Trinajstić information content (AvgIpc) is 2.61. The quantitative estimate of drug-likeness (QED) is 0.608. The van der Waals surface area contributed by atoms with Crippen LogP contribution in [0.3, 0.4) is 0 Å². The summed E-state index contributed by atoms with van der Waals surface area (Å²) in [7, 11) is 0. The van der Waals surface area contributed by atoms with Crippen LogP contribution in [0.1, 0.15) is 29.5 Å². The fraction of sp³-hybridized carbons (Fsp3) is 0.333. The van der Waals surface area contributed by atoms with Crippen LogP contribution in [0.4, 0.5) is 20.2 Å². The number of hydrogen-bond donors (Lipinski definition) is 2. The Kier molecular flexibility index (Phi) is 7.99. The first-order chi connectivity index (χ1) is 13.3. The van der Waals surface area contributed by atoms with Gasteiger partial charge in [-0.2, -0.15) is 11.8 Å². The average molecular weight is 406 g/mol. The Balaban J connectivity index is 1.69. The lowest BCUT2D eigenvalue weighted by molar-refractivity contribution is -0.116. The predicted molar refractivity (Wildman–Crippen MR) is 111 cm³/mol. The van der Waals surface area contributed by atoms with Gasteiger partial charge in [0.05, 0.1) is 11.4 Å². The molecule has 0 aliphatic rings. The summed E-state index contributed by atoms with van der Waals surface area (Å²) in [5, 5.41) is 5.29. The van der Waals surface area contributed by atoms with E-state index in [1.165, 1.54) is 11.8 Å². The van der Waals surface area contributed by atoms with Gasteiger partial charge in [0.2, 0.25) is 11.8 Å². The van der Waals surface area contributed by atoms with Crippen molar-refractivity contribution in [2.75, 3.05) is 22.1 Å². The van der Waals surface area contributed by atoms with Crippen molar-refractivity contribution in [2.24, 2.45) is 0 Å². The number of carbonyl (C=O) groups is 2. The zero-order valence-corrected chi connectivity index (χ0v) is 17.0. The molecule has 0 aliphatic carbocycles. The maximum absolute atomic E-state index is 13.5. The molecule has 0 spiro atoms. The Bertz CT molecular complexity index is 848. The van der Waals surface area contributed by atoms with Crippen LogP contribution in [-0.2, 0) is 9.59 Å². The third-order valence-electron chi connectivity index (χ3n) is 4.07. The third-order valence-corrected chi connectivity index (χ3v) is 5.11. The van der Waals surface area contributed by atoms with Crippen LogP contribution < -0.4 is 10.6 Å². The fourth-order valence-corrected chi connectivity index (χ4v) is 3.61. The lowest BCUT2D eigenvalue weighted by Crippen LogP contribution is -2.16. The second-order valence-corrected chi connectivity index (χ2v) is 7.76. The molecule has 0 heterocycles. The Morgan fingerprint density at radius 2 is 1.64 bits per heavy atom. The van der Waals surface area contributed by atoms with Gasteiger partial charge < -0.3 is 10.6 Å². The molecule has 0 atom stereocenters. The second kappa shape index (κ2) is 10.2. The summed E-state index contributed by atoms with van der Waals surface area (Å²) in [5.41, 5.74) is 3.89. The molecule has 0 bridgehead atoms. The van der Waals surface area contributed by atoms with Crippen LogP contribution in [-0.4, -0.2) is 23.3 Å². The molecular weight excluding hydrogens is 382 g/mol. The summed E-state index contributed by atoms with van der Waals surface area (Å²) in [6, 6.07) is 6.95. The maximum Gasteiger partial charge on any atom is 0.234 e. The molecule has 0 saturated carbocycles. The van der Waals surface area contributed by atoms with Crippen molar-refractivity contribution in [3.05, 3.63) is 58.7 Å². The largest absolute Gasteiger partial charge is 0.326 e. The van der Waals surface area contributed by atoms with Gasteiger partial charge in [0, 0.05) is 18.2 Å². The molecule has 28 heavy (non-hydrogen) atoms. The van der Waals surface area contributed by atoms with E-state index in [-0.39, 0.29) is 17.3 Å². The monoisotopic (exact) mass is 406 g/mol. The van der Waals surface area contributed by atoms with Crippen molar-refractivity contribution in [1.82, 2.24) is 0 Å². The topological polar surface area (TPSA) is 58.2 Å². The second-order valence-electron chi connectivity index (χ2n) is 6.65. The van der Waals surface area contributed by atoms with Gasteiger partial charge >= 0.3 is 0 Å². The van der Waals surface area contributed by atoms with Crippen LogP contribution in [0.25, 0.3) is 0 Å². The minimum Gasteiger partial charge on any atom is -0.326 e. The van der Waals surface area contributed by atoms with Gasteiger partial charge in [-0.1, -0.05) is 17.7 Å². The Morgan fingerprint density at radius 3 is 2.32 bits per heavy atom. The summed E-state index contributed by atoms with van der Waals surface area (Å²) in [4.78, 5) is 23.9. The molecule has 7 heteroatoms. The van der Waals surface area contributed by atoms with E-state index in [4.69, 9.17) is 0 Å². The standard InChI is InChI=1S/C21H24F2N2O2S/c1-13-9-14(2)21(15(3)10-13)25-19(26)5-4-8-28-12-20(27)24-18-11-16(22)6-7-17(18)23/h6-7,9-11H,4-5,8,12H2,1-3H3,(H,24,27)(H,25,26). The first-order valence-corrected chi connectivity index (χ1v) is 10.1. The molecular formula is C21H24F2N2O2S. The van der Waals surface area contributed by atoms with E-state index in [0.717, 1.165) is 40.6 Å². The number of benzene rings is 2. The molecule has 0 radical (unpaired) electrons. The van der Waals surface area contributed by atoms with Crippen molar-refractivity contribution in [2.45, 2.75) is 33.6 Å². The Morgan fingerprint density at radius 1 is 0.964 bits per heavy atom. The summed E-state index contributed by atoms with van der Waals surface area (Å²) >= 11 is 1.34. The molecule has 2 aromatic carbocycles. The molecule has 4 nitrogen and oxygen atoms in total. The molecule has 0 aromatic heterocycles. The van der Waals surface area contributed by atoms with E-state index in [1.54, 1.807) is 0 Å². The van der Waals surface area contributed by atoms with Gasteiger partial charge in [0.15, 0.2) is 0 Å².